The summed E-state index contributed by atoms with van der Waals surface area (Å²) in [5, 5.41) is 21.5. The summed E-state index contributed by atoms with van der Waals surface area (Å²) in [6.45, 7) is 6.02. The predicted molar refractivity (Wildman–Crippen MR) is 134 cm³/mol. The lowest BCUT2D eigenvalue weighted by molar-refractivity contribution is -0.140. The Balaban J connectivity index is 1.83. The van der Waals surface area contributed by atoms with Crippen LogP contribution < -0.4 is 9.47 Å². The maximum Gasteiger partial charge on any atom is 0.295 e. The molecule has 4 rings (SSSR count). The normalized spacial score (nSPS) is 17.0. The van der Waals surface area contributed by atoms with E-state index >= 15 is 0 Å². The minimum Gasteiger partial charge on any atom is -0.507 e. The Morgan fingerprint density at radius 2 is 1.86 bits per heavy atom. The third kappa shape index (κ3) is 5.02. The monoisotopic (exact) mass is 488 g/mol. The zero-order valence-corrected chi connectivity index (χ0v) is 20.3. The second-order valence-corrected chi connectivity index (χ2v) is 8.64. The lowest BCUT2D eigenvalue weighted by Crippen LogP contribution is -2.29. The van der Waals surface area contributed by atoms with Crippen LogP contribution >= 0.6 is 0 Å². The molecular formula is C28H28N2O6. The number of aliphatic hydroxyl groups excluding tert-OH is 1. The van der Waals surface area contributed by atoms with Crippen LogP contribution in [-0.2, 0) is 16.1 Å². The average molecular weight is 489 g/mol. The Bertz CT molecular complexity index is 1290. The van der Waals surface area contributed by atoms with Crippen molar-refractivity contribution >= 4 is 17.4 Å². The van der Waals surface area contributed by atoms with E-state index in [-0.39, 0.29) is 35.5 Å². The average Bonchev–Trinajstić information content (AvgIpc) is 3.11. The minimum atomic E-state index is -0.906. The molecule has 2 N–H and O–H groups in total. The molecule has 1 amide bonds. The van der Waals surface area contributed by atoms with Crippen LogP contribution in [0.2, 0.25) is 0 Å². The Hall–Kier alpha value is -4.33. The molecule has 8 nitrogen and oxygen atoms in total. The first-order valence-corrected chi connectivity index (χ1v) is 11.7. The summed E-state index contributed by atoms with van der Waals surface area (Å²) in [6, 6.07) is 14.0. The molecule has 1 aromatic heterocycles. The molecule has 1 aliphatic heterocycles. The Morgan fingerprint density at radius 1 is 1.11 bits per heavy atom. The van der Waals surface area contributed by atoms with Crippen LogP contribution in [-0.4, -0.2) is 44.5 Å². The number of aromatic hydroxyl groups is 1. The van der Waals surface area contributed by atoms with E-state index in [0.29, 0.717) is 23.5 Å². The fourth-order valence-corrected chi connectivity index (χ4v) is 4.17. The van der Waals surface area contributed by atoms with Crippen LogP contribution in [0.15, 0.2) is 72.6 Å². The van der Waals surface area contributed by atoms with E-state index in [0.717, 1.165) is 5.56 Å². The van der Waals surface area contributed by atoms with Crippen molar-refractivity contribution in [2.45, 2.75) is 39.5 Å². The molecule has 1 aliphatic rings. The van der Waals surface area contributed by atoms with Gasteiger partial charge in [0.05, 0.1) is 24.3 Å². The fraction of sp³-hybridized carbons (Fsp3) is 0.250. The Morgan fingerprint density at radius 3 is 2.50 bits per heavy atom. The van der Waals surface area contributed by atoms with Crippen molar-refractivity contribution in [3.05, 3.63) is 89.3 Å². The Kier molecular flexibility index (Phi) is 7.24. The van der Waals surface area contributed by atoms with Crippen molar-refractivity contribution in [3.8, 4) is 17.2 Å². The van der Waals surface area contributed by atoms with Crippen LogP contribution in [0.4, 0.5) is 0 Å². The maximum absolute atomic E-state index is 13.3. The van der Waals surface area contributed by atoms with Gasteiger partial charge >= 0.3 is 0 Å². The number of nitrogens with zero attached hydrogens (tertiary/aromatic N) is 2. The zero-order chi connectivity index (χ0) is 25.8. The number of phenolic OH excluding ortho intramolecular Hbond substituents is 1. The van der Waals surface area contributed by atoms with Gasteiger partial charge in [-0.25, -0.2) is 0 Å². The van der Waals surface area contributed by atoms with Gasteiger partial charge in [-0.2, -0.15) is 0 Å². The molecule has 2 aromatic carbocycles. The molecule has 2 heterocycles. The Labute approximate surface area is 209 Å². The van der Waals surface area contributed by atoms with Gasteiger partial charge in [0.25, 0.3) is 11.7 Å². The first kappa shape index (κ1) is 24.8. The van der Waals surface area contributed by atoms with E-state index in [1.807, 2.05) is 13.8 Å². The van der Waals surface area contributed by atoms with Gasteiger partial charge in [0, 0.05) is 24.5 Å². The lowest BCUT2D eigenvalue weighted by atomic mass is 9.94. The smallest absolute Gasteiger partial charge is 0.295 e. The lowest BCUT2D eigenvalue weighted by Gasteiger charge is -2.26. The van der Waals surface area contributed by atoms with Crippen LogP contribution in [0.25, 0.3) is 5.76 Å². The fourth-order valence-electron chi connectivity index (χ4n) is 4.17. The second kappa shape index (κ2) is 10.5. The molecule has 186 valence electrons. The minimum absolute atomic E-state index is 0.0173. The van der Waals surface area contributed by atoms with Crippen molar-refractivity contribution < 1.29 is 29.3 Å². The summed E-state index contributed by atoms with van der Waals surface area (Å²) in [5.74, 6) is -1.06. The predicted octanol–water partition coefficient (Wildman–Crippen LogP) is 4.60. The molecule has 1 saturated heterocycles. The van der Waals surface area contributed by atoms with Gasteiger partial charge in [-0.3, -0.25) is 14.6 Å². The SMILES string of the molecule is CCOc1cc([C@@H]2/C(=C(\O)c3ccc(OC(C)C)cc3)C(=O)C(=O)N2Cc2cccnc2)ccc1O. The topological polar surface area (TPSA) is 109 Å². The number of hydrogen-bond donors (Lipinski definition) is 2. The van der Waals surface area contributed by atoms with Gasteiger partial charge in [-0.15, -0.1) is 0 Å². The molecule has 0 unspecified atom stereocenters. The number of ether oxygens (including phenoxy) is 2. The van der Waals surface area contributed by atoms with E-state index in [1.54, 1.807) is 67.8 Å². The number of pyridine rings is 1. The summed E-state index contributed by atoms with van der Waals surface area (Å²) < 4.78 is 11.2. The number of phenols is 1. The highest BCUT2D eigenvalue weighted by Crippen LogP contribution is 2.42. The quantitative estimate of drug-likeness (QED) is 0.271. The van der Waals surface area contributed by atoms with Crippen molar-refractivity contribution in [2.75, 3.05) is 6.61 Å². The van der Waals surface area contributed by atoms with Gasteiger partial charge in [-0.1, -0.05) is 12.1 Å². The molecule has 0 bridgehead atoms. The number of amides is 1. The number of carbonyl (C=O) groups excluding carboxylic acids is 2. The van der Waals surface area contributed by atoms with Gasteiger partial charge in [0.15, 0.2) is 11.5 Å². The van der Waals surface area contributed by atoms with Crippen LogP contribution in [0.1, 0.15) is 43.5 Å². The van der Waals surface area contributed by atoms with E-state index < -0.39 is 17.7 Å². The molecule has 0 radical (unpaired) electrons. The van der Waals surface area contributed by atoms with Crippen molar-refractivity contribution in [3.63, 3.8) is 0 Å². The highest BCUT2D eigenvalue weighted by molar-refractivity contribution is 6.46. The number of likely N-dealkylation sites (tertiary alicyclic amines) is 1. The van der Waals surface area contributed by atoms with E-state index in [2.05, 4.69) is 4.98 Å². The maximum atomic E-state index is 13.3. The summed E-state index contributed by atoms with van der Waals surface area (Å²) in [5.41, 5.74) is 1.57. The van der Waals surface area contributed by atoms with Gasteiger partial charge < -0.3 is 24.6 Å². The first-order chi connectivity index (χ1) is 17.3. The molecular weight excluding hydrogens is 460 g/mol. The first-order valence-electron chi connectivity index (χ1n) is 11.7. The van der Waals surface area contributed by atoms with Crippen molar-refractivity contribution in [2.24, 2.45) is 0 Å². The zero-order valence-electron chi connectivity index (χ0n) is 20.3. The number of rotatable bonds is 8. The van der Waals surface area contributed by atoms with Crippen LogP contribution in [0, 0.1) is 0 Å². The van der Waals surface area contributed by atoms with Crippen LogP contribution in [0.3, 0.4) is 0 Å². The third-order valence-corrected chi connectivity index (χ3v) is 5.71. The standard InChI is InChI=1S/C28H28N2O6/c1-4-35-23-14-20(9-12-22(23)31)25-24(26(32)19-7-10-21(11-8-19)36-17(2)3)27(33)28(34)30(25)16-18-6-5-13-29-15-18/h5-15,17,25,31-32H,4,16H2,1-3H3/b26-24+/t25-/m1/s1. The summed E-state index contributed by atoms with van der Waals surface area (Å²) >= 11 is 0. The number of Topliss-reactive ketones (excluding diaryl/α,β-unsaturated/α-hetero) is 1. The van der Waals surface area contributed by atoms with Crippen LogP contribution in [0.5, 0.6) is 17.2 Å². The summed E-state index contributed by atoms with van der Waals surface area (Å²) in [6.07, 6.45) is 3.22. The number of ketones is 1. The van der Waals surface area contributed by atoms with Gasteiger partial charge in [-0.05, 0) is 74.4 Å². The third-order valence-electron chi connectivity index (χ3n) is 5.71. The highest BCUT2D eigenvalue weighted by Gasteiger charge is 2.46. The number of benzene rings is 2. The number of hydrogen-bond acceptors (Lipinski definition) is 7. The number of aromatic nitrogens is 1. The van der Waals surface area contributed by atoms with Gasteiger partial charge in [0.2, 0.25) is 0 Å². The largest absolute Gasteiger partial charge is 0.507 e. The summed E-state index contributed by atoms with van der Waals surface area (Å²) in [7, 11) is 0. The van der Waals surface area contributed by atoms with Crippen molar-refractivity contribution in [1.82, 2.24) is 9.88 Å². The molecule has 3 aromatic rings. The van der Waals surface area contributed by atoms with E-state index in [1.165, 1.54) is 11.0 Å². The number of aliphatic hydroxyl groups is 1. The highest BCUT2D eigenvalue weighted by atomic mass is 16.5. The molecule has 0 saturated carbocycles. The number of carbonyl (C=O) groups is 2. The van der Waals surface area contributed by atoms with Crippen molar-refractivity contribution in [1.29, 1.82) is 0 Å². The summed E-state index contributed by atoms with van der Waals surface area (Å²) in [4.78, 5) is 32.0. The molecule has 8 heteroatoms. The van der Waals surface area contributed by atoms with E-state index in [4.69, 9.17) is 9.47 Å². The van der Waals surface area contributed by atoms with Gasteiger partial charge in [0.1, 0.15) is 11.5 Å². The molecule has 36 heavy (non-hydrogen) atoms. The van der Waals surface area contributed by atoms with E-state index in [9.17, 15) is 19.8 Å². The molecule has 1 fully saturated rings. The molecule has 1 atom stereocenters. The second-order valence-electron chi connectivity index (χ2n) is 8.64. The molecule has 0 aliphatic carbocycles. The molecule has 0 spiro atoms.